The third-order valence-electron chi connectivity index (χ3n) is 3.20. The minimum atomic E-state index is -0.645. The van der Waals surface area contributed by atoms with Gasteiger partial charge in [0.1, 0.15) is 17.1 Å². The fraction of sp³-hybridized carbons (Fsp3) is 0.294. The number of hydrogen-bond donors (Lipinski definition) is 2. The predicted molar refractivity (Wildman–Crippen MR) is 90.1 cm³/mol. The number of rotatable bonds is 6. The summed E-state index contributed by atoms with van der Waals surface area (Å²) >= 11 is 0. The van der Waals surface area contributed by atoms with Gasteiger partial charge in [0, 0.05) is 6.20 Å². The van der Waals surface area contributed by atoms with Gasteiger partial charge in [-0.25, -0.2) is 9.78 Å². The van der Waals surface area contributed by atoms with E-state index in [1.807, 2.05) is 13.8 Å². The Labute approximate surface area is 144 Å². The second-order valence-corrected chi connectivity index (χ2v) is 5.50. The van der Waals surface area contributed by atoms with Crippen molar-refractivity contribution >= 4 is 23.5 Å². The van der Waals surface area contributed by atoms with Crippen LogP contribution in [0.3, 0.4) is 0 Å². The standard InChI is InChI=1S/C17H19N3O5/c1-9(2)25-16-11(6-5-7-18-16)15(22)20-14-12(10(3)21)8-13(19-14)17(23)24-4/h5-9,19H,1-4H3,(H,20,22). The van der Waals surface area contributed by atoms with E-state index in [0.29, 0.717) is 0 Å². The number of ketones is 1. The van der Waals surface area contributed by atoms with E-state index in [-0.39, 0.29) is 40.4 Å². The van der Waals surface area contributed by atoms with Crippen LogP contribution in [0.1, 0.15) is 52.0 Å². The average Bonchev–Trinajstić information content (AvgIpc) is 2.98. The number of pyridine rings is 1. The minimum absolute atomic E-state index is 0.0628. The van der Waals surface area contributed by atoms with Crippen LogP contribution < -0.4 is 10.1 Å². The molecule has 1 amide bonds. The summed E-state index contributed by atoms with van der Waals surface area (Å²) in [5, 5.41) is 2.58. The van der Waals surface area contributed by atoms with Gasteiger partial charge in [0.25, 0.3) is 5.91 Å². The van der Waals surface area contributed by atoms with Crippen LogP contribution in [0.25, 0.3) is 0 Å². The lowest BCUT2D eigenvalue weighted by molar-refractivity contribution is 0.0594. The monoisotopic (exact) mass is 345 g/mol. The number of aromatic amines is 1. The van der Waals surface area contributed by atoms with Gasteiger partial charge in [0.15, 0.2) is 5.78 Å². The molecule has 0 aliphatic carbocycles. The molecule has 0 saturated heterocycles. The van der Waals surface area contributed by atoms with Crippen molar-refractivity contribution in [1.82, 2.24) is 9.97 Å². The van der Waals surface area contributed by atoms with E-state index in [0.717, 1.165) is 0 Å². The van der Waals surface area contributed by atoms with Gasteiger partial charge in [-0.2, -0.15) is 0 Å². The number of hydrogen-bond acceptors (Lipinski definition) is 6. The number of nitrogens with one attached hydrogen (secondary N) is 2. The topological polar surface area (TPSA) is 110 Å². The number of anilines is 1. The quantitative estimate of drug-likeness (QED) is 0.614. The first kappa shape index (κ1) is 18.2. The molecule has 0 aliphatic heterocycles. The molecule has 0 aromatic carbocycles. The molecule has 0 spiro atoms. The van der Waals surface area contributed by atoms with E-state index in [9.17, 15) is 14.4 Å². The third kappa shape index (κ3) is 4.23. The Morgan fingerprint density at radius 2 is 1.96 bits per heavy atom. The lowest BCUT2D eigenvalue weighted by Crippen LogP contribution is -2.18. The summed E-state index contributed by atoms with van der Waals surface area (Å²) in [6.07, 6.45) is 1.35. The Balaban J connectivity index is 2.34. The van der Waals surface area contributed by atoms with Crippen LogP contribution in [-0.4, -0.2) is 40.8 Å². The van der Waals surface area contributed by atoms with Crippen molar-refractivity contribution < 1.29 is 23.9 Å². The molecule has 2 rings (SSSR count). The highest BCUT2D eigenvalue weighted by molar-refractivity contribution is 6.10. The van der Waals surface area contributed by atoms with Crippen molar-refractivity contribution in [3.05, 3.63) is 41.2 Å². The molecule has 0 aliphatic rings. The summed E-state index contributed by atoms with van der Waals surface area (Å²) in [5.74, 6) is -1.19. The number of H-pyrrole nitrogens is 1. The first-order chi connectivity index (χ1) is 11.8. The van der Waals surface area contributed by atoms with Crippen LogP contribution >= 0.6 is 0 Å². The number of carbonyl (C=O) groups is 3. The number of nitrogens with zero attached hydrogens (tertiary/aromatic N) is 1. The highest BCUT2D eigenvalue weighted by Gasteiger charge is 2.21. The number of methoxy groups -OCH3 is 1. The zero-order valence-corrected chi connectivity index (χ0v) is 14.4. The third-order valence-corrected chi connectivity index (χ3v) is 3.20. The van der Waals surface area contributed by atoms with Crippen molar-refractivity contribution in [3.8, 4) is 5.88 Å². The van der Waals surface area contributed by atoms with Crippen LogP contribution in [0.4, 0.5) is 5.82 Å². The number of carbonyl (C=O) groups excluding carboxylic acids is 3. The molecule has 2 aromatic rings. The molecule has 8 heteroatoms. The molecule has 0 unspecified atom stereocenters. The van der Waals surface area contributed by atoms with Crippen LogP contribution in [0, 0.1) is 0 Å². The van der Waals surface area contributed by atoms with E-state index in [1.165, 1.54) is 26.3 Å². The zero-order chi connectivity index (χ0) is 18.6. The lowest BCUT2D eigenvalue weighted by atomic mass is 10.2. The summed E-state index contributed by atoms with van der Waals surface area (Å²) < 4.78 is 10.1. The number of aromatic nitrogens is 2. The second-order valence-electron chi connectivity index (χ2n) is 5.50. The summed E-state index contributed by atoms with van der Waals surface area (Å²) in [7, 11) is 1.22. The van der Waals surface area contributed by atoms with E-state index >= 15 is 0 Å². The first-order valence-corrected chi connectivity index (χ1v) is 7.58. The van der Waals surface area contributed by atoms with Crippen molar-refractivity contribution in [2.24, 2.45) is 0 Å². The first-order valence-electron chi connectivity index (χ1n) is 7.58. The predicted octanol–water partition coefficient (Wildman–Crippen LogP) is 2.44. The molecule has 0 radical (unpaired) electrons. The number of ether oxygens (including phenoxy) is 2. The Bertz CT molecular complexity index is 810. The molecule has 0 saturated carbocycles. The molecule has 2 aromatic heterocycles. The molecule has 8 nitrogen and oxygen atoms in total. The van der Waals surface area contributed by atoms with E-state index in [1.54, 1.807) is 12.1 Å². The summed E-state index contributed by atoms with van der Waals surface area (Å²) in [6, 6.07) is 4.48. The van der Waals surface area contributed by atoms with Gasteiger partial charge >= 0.3 is 5.97 Å². The van der Waals surface area contributed by atoms with Gasteiger partial charge in [-0.15, -0.1) is 0 Å². The highest BCUT2D eigenvalue weighted by atomic mass is 16.5. The summed E-state index contributed by atoms with van der Waals surface area (Å²) in [6.45, 7) is 4.97. The van der Waals surface area contributed by atoms with E-state index < -0.39 is 11.9 Å². The maximum absolute atomic E-state index is 12.6. The van der Waals surface area contributed by atoms with Gasteiger partial charge in [-0.1, -0.05) is 0 Å². The maximum Gasteiger partial charge on any atom is 0.354 e. The number of Topliss-reactive ketones (excluding diaryl/α,β-unsaturated/α-hetero) is 1. The molecule has 2 heterocycles. The van der Waals surface area contributed by atoms with Crippen molar-refractivity contribution in [1.29, 1.82) is 0 Å². The molecule has 0 atom stereocenters. The fourth-order valence-corrected chi connectivity index (χ4v) is 2.11. The molecular formula is C17H19N3O5. The number of esters is 1. The highest BCUT2D eigenvalue weighted by Crippen LogP contribution is 2.21. The molecular weight excluding hydrogens is 326 g/mol. The van der Waals surface area contributed by atoms with Gasteiger partial charge in [-0.3, -0.25) is 9.59 Å². The average molecular weight is 345 g/mol. The van der Waals surface area contributed by atoms with Crippen LogP contribution in [0.5, 0.6) is 5.88 Å². The van der Waals surface area contributed by atoms with Crippen molar-refractivity contribution in [2.45, 2.75) is 26.9 Å². The van der Waals surface area contributed by atoms with Crippen LogP contribution in [0.2, 0.25) is 0 Å². The second kappa shape index (κ2) is 7.61. The largest absolute Gasteiger partial charge is 0.474 e. The number of amides is 1. The SMILES string of the molecule is COC(=O)c1cc(C(C)=O)c(NC(=O)c2cccnc2OC(C)C)[nH]1. The summed E-state index contributed by atoms with van der Waals surface area (Å²) in [5.41, 5.74) is 0.441. The minimum Gasteiger partial charge on any atom is -0.474 e. The molecule has 132 valence electrons. The Morgan fingerprint density at radius 1 is 1.24 bits per heavy atom. The molecule has 0 bridgehead atoms. The van der Waals surface area contributed by atoms with Crippen LogP contribution in [0.15, 0.2) is 24.4 Å². The fourth-order valence-electron chi connectivity index (χ4n) is 2.11. The van der Waals surface area contributed by atoms with Crippen molar-refractivity contribution in [3.63, 3.8) is 0 Å². The molecule has 25 heavy (non-hydrogen) atoms. The lowest BCUT2D eigenvalue weighted by Gasteiger charge is -2.12. The molecule has 0 fully saturated rings. The van der Waals surface area contributed by atoms with E-state index in [2.05, 4.69) is 20.0 Å². The smallest absolute Gasteiger partial charge is 0.354 e. The molecule has 2 N–H and O–H groups in total. The van der Waals surface area contributed by atoms with Gasteiger partial charge in [-0.05, 0) is 39.0 Å². The normalized spacial score (nSPS) is 10.4. The maximum atomic E-state index is 12.6. The van der Waals surface area contributed by atoms with E-state index in [4.69, 9.17) is 4.74 Å². The summed E-state index contributed by atoms with van der Waals surface area (Å²) in [4.78, 5) is 42.7. The zero-order valence-electron chi connectivity index (χ0n) is 14.4. The Kier molecular flexibility index (Phi) is 5.53. The van der Waals surface area contributed by atoms with Gasteiger partial charge < -0.3 is 19.8 Å². The van der Waals surface area contributed by atoms with Crippen molar-refractivity contribution in [2.75, 3.05) is 12.4 Å². The Morgan fingerprint density at radius 3 is 2.56 bits per heavy atom. The van der Waals surface area contributed by atoms with Gasteiger partial charge in [0.2, 0.25) is 5.88 Å². The van der Waals surface area contributed by atoms with Gasteiger partial charge in [0.05, 0.1) is 18.8 Å². The van der Waals surface area contributed by atoms with Crippen LogP contribution in [-0.2, 0) is 4.74 Å². The Hall–Kier alpha value is -3.16.